The molecule has 0 N–H and O–H groups in total. The molecule has 0 aliphatic heterocycles. The lowest BCUT2D eigenvalue weighted by Crippen LogP contribution is -1.95. The van der Waals surface area contributed by atoms with E-state index in [2.05, 4.69) is 39.0 Å². The highest BCUT2D eigenvalue weighted by molar-refractivity contribution is 5.80. The summed E-state index contributed by atoms with van der Waals surface area (Å²) in [6.45, 7) is 6.38. The predicted octanol–water partition coefficient (Wildman–Crippen LogP) is 6.28. The Morgan fingerprint density at radius 3 is 2.20 bits per heavy atom. The van der Waals surface area contributed by atoms with Crippen LogP contribution in [0.2, 0.25) is 0 Å². The molecule has 0 spiro atoms. The van der Waals surface area contributed by atoms with Crippen LogP contribution < -0.4 is 4.74 Å². The molecule has 0 aliphatic carbocycles. The second-order valence-electron chi connectivity index (χ2n) is 6.30. The number of benzene rings is 3. The van der Waals surface area contributed by atoms with Gasteiger partial charge in [0, 0.05) is 6.21 Å². The van der Waals surface area contributed by atoms with E-state index in [4.69, 9.17) is 9.73 Å². The quantitative estimate of drug-likeness (QED) is 0.505. The van der Waals surface area contributed by atoms with Crippen LogP contribution in [0.5, 0.6) is 11.5 Å². The largest absolute Gasteiger partial charge is 0.457 e. The number of nitrogens with zero attached hydrogens (tertiary/aromatic N) is 1. The average Bonchev–Trinajstić information content (AvgIpc) is 2.62. The molecule has 1 unspecified atom stereocenters. The molecule has 1 atom stereocenters. The summed E-state index contributed by atoms with van der Waals surface area (Å²) in [4.78, 5) is 4.70. The fourth-order valence-corrected chi connectivity index (χ4v) is 2.82. The summed E-state index contributed by atoms with van der Waals surface area (Å²) in [5, 5.41) is 0. The van der Waals surface area contributed by atoms with Gasteiger partial charge in [-0.05, 0) is 73.9 Å². The lowest BCUT2D eigenvalue weighted by Gasteiger charge is -2.11. The van der Waals surface area contributed by atoms with Crippen molar-refractivity contribution in [3.05, 3.63) is 95.1 Å². The molecule has 2 heteroatoms. The summed E-state index contributed by atoms with van der Waals surface area (Å²) in [6.07, 6.45) is 1.93. The molecule has 0 heterocycles. The van der Waals surface area contributed by atoms with Crippen LogP contribution in [0.4, 0.5) is 0 Å². The number of ether oxygens (including phenoxy) is 1. The molecule has 0 aliphatic rings. The molecule has 25 heavy (non-hydrogen) atoms. The Labute approximate surface area is 149 Å². The Morgan fingerprint density at radius 2 is 1.52 bits per heavy atom. The minimum atomic E-state index is 0.140. The third kappa shape index (κ3) is 4.57. The van der Waals surface area contributed by atoms with E-state index in [1.165, 1.54) is 16.7 Å². The molecule has 0 radical (unpaired) electrons. The SMILES string of the molecule is Cc1ccc(C(C)N=Cc2ccc(Oc3ccccc3)cc2)c(C)c1. The average molecular weight is 329 g/mol. The van der Waals surface area contributed by atoms with Crippen LogP contribution in [0.3, 0.4) is 0 Å². The van der Waals surface area contributed by atoms with Crippen molar-refractivity contribution in [3.63, 3.8) is 0 Å². The molecule has 3 aromatic carbocycles. The highest BCUT2D eigenvalue weighted by Crippen LogP contribution is 2.23. The molecular formula is C23H23NO. The summed E-state index contributed by atoms with van der Waals surface area (Å²) >= 11 is 0. The molecular weight excluding hydrogens is 306 g/mol. The van der Waals surface area contributed by atoms with Gasteiger partial charge in [-0.25, -0.2) is 0 Å². The van der Waals surface area contributed by atoms with Gasteiger partial charge in [0.25, 0.3) is 0 Å². The molecule has 2 nitrogen and oxygen atoms in total. The Bertz CT molecular complexity index is 851. The van der Waals surface area contributed by atoms with Crippen molar-refractivity contribution in [1.82, 2.24) is 0 Å². The fourth-order valence-electron chi connectivity index (χ4n) is 2.82. The monoisotopic (exact) mass is 329 g/mol. The summed E-state index contributed by atoms with van der Waals surface area (Å²) in [5.74, 6) is 1.66. The van der Waals surface area contributed by atoms with E-state index in [1.807, 2.05) is 60.8 Å². The first-order chi connectivity index (χ1) is 12.1. The van der Waals surface area contributed by atoms with Gasteiger partial charge in [-0.15, -0.1) is 0 Å². The Morgan fingerprint density at radius 1 is 0.840 bits per heavy atom. The molecule has 0 saturated carbocycles. The molecule has 3 rings (SSSR count). The summed E-state index contributed by atoms with van der Waals surface area (Å²) in [7, 11) is 0. The van der Waals surface area contributed by atoms with E-state index in [1.54, 1.807) is 0 Å². The highest BCUT2D eigenvalue weighted by Gasteiger charge is 2.06. The highest BCUT2D eigenvalue weighted by atomic mass is 16.5. The van der Waals surface area contributed by atoms with Crippen LogP contribution >= 0.6 is 0 Å². The van der Waals surface area contributed by atoms with Crippen molar-refractivity contribution in [1.29, 1.82) is 0 Å². The lowest BCUT2D eigenvalue weighted by atomic mass is 10.0. The van der Waals surface area contributed by atoms with E-state index in [0.29, 0.717) is 0 Å². The number of hydrogen-bond acceptors (Lipinski definition) is 2. The van der Waals surface area contributed by atoms with Crippen molar-refractivity contribution in [3.8, 4) is 11.5 Å². The lowest BCUT2D eigenvalue weighted by molar-refractivity contribution is 0.482. The van der Waals surface area contributed by atoms with Crippen LogP contribution in [0.1, 0.15) is 35.2 Å². The zero-order valence-electron chi connectivity index (χ0n) is 14.9. The van der Waals surface area contributed by atoms with Crippen LogP contribution in [0.15, 0.2) is 77.8 Å². The fraction of sp³-hybridized carbons (Fsp3) is 0.174. The van der Waals surface area contributed by atoms with E-state index in [9.17, 15) is 0 Å². The second-order valence-corrected chi connectivity index (χ2v) is 6.30. The van der Waals surface area contributed by atoms with Gasteiger partial charge in [0.05, 0.1) is 6.04 Å². The summed E-state index contributed by atoms with van der Waals surface area (Å²) in [5.41, 5.74) is 4.91. The van der Waals surface area contributed by atoms with E-state index in [0.717, 1.165) is 17.1 Å². The van der Waals surface area contributed by atoms with E-state index < -0.39 is 0 Å². The maximum absolute atomic E-state index is 5.81. The molecule has 0 aromatic heterocycles. The van der Waals surface area contributed by atoms with Gasteiger partial charge >= 0.3 is 0 Å². The molecule has 0 saturated heterocycles. The third-order valence-electron chi connectivity index (χ3n) is 4.18. The summed E-state index contributed by atoms with van der Waals surface area (Å²) < 4.78 is 5.81. The minimum absolute atomic E-state index is 0.140. The van der Waals surface area contributed by atoms with Crippen LogP contribution in [0.25, 0.3) is 0 Å². The van der Waals surface area contributed by atoms with Gasteiger partial charge in [0.1, 0.15) is 11.5 Å². The number of rotatable bonds is 5. The topological polar surface area (TPSA) is 21.6 Å². The predicted molar refractivity (Wildman–Crippen MR) is 105 cm³/mol. The van der Waals surface area contributed by atoms with Gasteiger partial charge in [-0.1, -0.05) is 42.0 Å². The van der Waals surface area contributed by atoms with Gasteiger partial charge in [-0.2, -0.15) is 0 Å². The van der Waals surface area contributed by atoms with Crippen molar-refractivity contribution >= 4 is 6.21 Å². The first kappa shape index (κ1) is 17.0. The third-order valence-corrected chi connectivity index (χ3v) is 4.18. The van der Waals surface area contributed by atoms with E-state index >= 15 is 0 Å². The minimum Gasteiger partial charge on any atom is -0.457 e. The maximum Gasteiger partial charge on any atom is 0.127 e. The smallest absolute Gasteiger partial charge is 0.127 e. The van der Waals surface area contributed by atoms with Crippen LogP contribution in [0, 0.1) is 13.8 Å². The standard InChI is InChI=1S/C23H23NO/c1-17-9-14-23(18(2)15-17)19(3)24-16-20-10-12-22(13-11-20)25-21-7-5-4-6-8-21/h4-16,19H,1-3H3. The molecule has 0 amide bonds. The Kier molecular flexibility index (Phi) is 5.30. The van der Waals surface area contributed by atoms with Crippen molar-refractivity contribution in [2.45, 2.75) is 26.8 Å². The Hall–Kier alpha value is -2.87. The number of aryl methyl sites for hydroxylation is 2. The normalized spacial score (nSPS) is 12.3. The van der Waals surface area contributed by atoms with Gasteiger partial charge in [-0.3, -0.25) is 4.99 Å². The maximum atomic E-state index is 5.81. The molecule has 126 valence electrons. The number of para-hydroxylation sites is 1. The summed E-state index contributed by atoms with van der Waals surface area (Å²) in [6, 6.07) is 24.4. The molecule has 0 bridgehead atoms. The number of hydrogen-bond donors (Lipinski definition) is 0. The zero-order valence-corrected chi connectivity index (χ0v) is 14.9. The van der Waals surface area contributed by atoms with Gasteiger partial charge in [0.2, 0.25) is 0 Å². The van der Waals surface area contributed by atoms with Crippen molar-refractivity contribution in [2.75, 3.05) is 0 Å². The second kappa shape index (κ2) is 7.80. The van der Waals surface area contributed by atoms with Crippen molar-refractivity contribution < 1.29 is 4.74 Å². The zero-order chi connectivity index (χ0) is 17.6. The van der Waals surface area contributed by atoms with Gasteiger partial charge in [0.15, 0.2) is 0 Å². The van der Waals surface area contributed by atoms with Crippen LogP contribution in [-0.4, -0.2) is 6.21 Å². The van der Waals surface area contributed by atoms with Gasteiger partial charge < -0.3 is 4.74 Å². The van der Waals surface area contributed by atoms with Crippen LogP contribution in [-0.2, 0) is 0 Å². The molecule has 3 aromatic rings. The Balaban J connectivity index is 1.67. The first-order valence-corrected chi connectivity index (χ1v) is 8.55. The molecule has 0 fully saturated rings. The first-order valence-electron chi connectivity index (χ1n) is 8.55. The number of aliphatic imine (C=N–C) groups is 1. The van der Waals surface area contributed by atoms with E-state index in [-0.39, 0.29) is 6.04 Å². The van der Waals surface area contributed by atoms with Crippen molar-refractivity contribution in [2.24, 2.45) is 4.99 Å².